The Morgan fingerprint density at radius 3 is 2.90 bits per heavy atom. The van der Waals surface area contributed by atoms with Gasteiger partial charge in [0.05, 0.1) is 44.2 Å². The highest BCUT2D eigenvalue weighted by Gasteiger charge is 2.31. The number of hydrogen-bond donors (Lipinski definition) is 1. The molecule has 2 N–H and O–H groups in total. The first-order valence-electron chi connectivity index (χ1n) is 9.82. The molecular weight excluding hydrogens is 387 g/mol. The van der Waals surface area contributed by atoms with E-state index in [0.717, 1.165) is 22.1 Å². The van der Waals surface area contributed by atoms with Gasteiger partial charge in [0.2, 0.25) is 0 Å². The molecule has 1 amide bonds. The summed E-state index contributed by atoms with van der Waals surface area (Å²) in [6, 6.07) is 6.35. The summed E-state index contributed by atoms with van der Waals surface area (Å²) in [7, 11) is 0. The number of nitrogens with two attached hydrogens (primary N) is 1. The van der Waals surface area contributed by atoms with Crippen LogP contribution in [-0.2, 0) is 22.7 Å². The van der Waals surface area contributed by atoms with E-state index in [4.69, 9.17) is 15.2 Å². The Labute approximate surface area is 172 Å². The molecular formula is C22H21FN4O3. The van der Waals surface area contributed by atoms with E-state index in [1.165, 1.54) is 6.07 Å². The number of hydrogen-bond acceptors (Lipinski definition) is 6. The van der Waals surface area contributed by atoms with Gasteiger partial charge in [-0.1, -0.05) is 12.1 Å². The summed E-state index contributed by atoms with van der Waals surface area (Å²) >= 11 is 0. The van der Waals surface area contributed by atoms with E-state index in [1.54, 1.807) is 36.2 Å². The van der Waals surface area contributed by atoms with Crippen LogP contribution in [0.5, 0.6) is 0 Å². The van der Waals surface area contributed by atoms with E-state index in [-0.39, 0.29) is 17.8 Å². The second-order valence-corrected chi connectivity index (χ2v) is 7.63. The summed E-state index contributed by atoms with van der Waals surface area (Å²) in [6.07, 6.45) is 1.58. The monoisotopic (exact) mass is 408 g/mol. The number of aryl methyl sites for hydroxylation is 1. The molecule has 30 heavy (non-hydrogen) atoms. The van der Waals surface area contributed by atoms with Crippen molar-refractivity contribution < 1.29 is 18.7 Å². The minimum absolute atomic E-state index is 0.198. The Morgan fingerprint density at radius 2 is 2.07 bits per heavy atom. The number of nitrogens with zero attached hydrogens (tertiary/aromatic N) is 3. The average Bonchev–Trinajstić information content (AvgIpc) is 3.26. The van der Waals surface area contributed by atoms with Crippen LogP contribution in [0.15, 0.2) is 30.5 Å². The summed E-state index contributed by atoms with van der Waals surface area (Å²) in [5, 5.41) is 0.831. The van der Waals surface area contributed by atoms with Gasteiger partial charge in [-0.3, -0.25) is 4.79 Å². The van der Waals surface area contributed by atoms with Gasteiger partial charge in [-0.2, -0.15) is 0 Å². The number of amides is 1. The molecule has 154 valence electrons. The SMILES string of the molecule is Cc1cc(C2COCCN2C(=O)c2cc3c4c(c(N)nc3cn2)COC4)ccc1F. The van der Waals surface area contributed by atoms with E-state index in [1.807, 2.05) is 0 Å². The molecule has 3 aromatic rings. The van der Waals surface area contributed by atoms with Gasteiger partial charge < -0.3 is 20.1 Å². The summed E-state index contributed by atoms with van der Waals surface area (Å²) in [5.41, 5.74) is 10.2. The van der Waals surface area contributed by atoms with Gasteiger partial charge in [0.1, 0.15) is 17.3 Å². The predicted molar refractivity (Wildman–Crippen MR) is 108 cm³/mol. The minimum atomic E-state index is -0.304. The predicted octanol–water partition coefficient (Wildman–Crippen LogP) is 2.90. The normalized spacial score (nSPS) is 18.6. The van der Waals surface area contributed by atoms with Crippen molar-refractivity contribution in [3.63, 3.8) is 0 Å². The maximum Gasteiger partial charge on any atom is 0.273 e. The highest BCUT2D eigenvalue weighted by atomic mass is 19.1. The number of halogens is 1. The first-order valence-corrected chi connectivity index (χ1v) is 9.82. The fraction of sp³-hybridized carbons (Fsp3) is 0.318. The standard InChI is InChI=1S/C22H21FN4O3/c1-12-6-13(2-3-17(12)23)20-11-29-5-4-27(20)22(28)18-7-14-15-9-30-10-16(15)21(24)26-19(14)8-25-18/h2-3,6-8,20H,4-5,9-11H2,1H3,(H2,24,26). The number of morpholine rings is 1. The minimum Gasteiger partial charge on any atom is -0.383 e. The molecule has 5 rings (SSSR count). The van der Waals surface area contributed by atoms with Crippen LogP contribution < -0.4 is 5.73 Å². The lowest BCUT2D eigenvalue weighted by molar-refractivity contribution is -0.00302. The molecule has 1 atom stereocenters. The number of pyridine rings is 2. The molecule has 0 spiro atoms. The molecule has 2 aromatic heterocycles. The Balaban J connectivity index is 1.53. The number of benzene rings is 1. The average molecular weight is 408 g/mol. The molecule has 0 aliphatic carbocycles. The van der Waals surface area contributed by atoms with Crippen molar-refractivity contribution in [1.29, 1.82) is 0 Å². The Kier molecular flexibility index (Phi) is 4.60. The third kappa shape index (κ3) is 3.09. The topological polar surface area (TPSA) is 90.6 Å². The van der Waals surface area contributed by atoms with E-state index >= 15 is 0 Å². The maximum atomic E-state index is 13.7. The molecule has 4 heterocycles. The Hall–Kier alpha value is -3.10. The maximum absolute atomic E-state index is 13.7. The lowest BCUT2D eigenvalue weighted by atomic mass is 10.0. The highest BCUT2D eigenvalue weighted by molar-refractivity contribution is 5.97. The van der Waals surface area contributed by atoms with Crippen LogP contribution >= 0.6 is 0 Å². The zero-order valence-corrected chi connectivity index (χ0v) is 16.5. The largest absolute Gasteiger partial charge is 0.383 e. The zero-order valence-electron chi connectivity index (χ0n) is 16.5. The third-order valence-corrected chi connectivity index (χ3v) is 5.79. The van der Waals surface area contributed by atoms with Gasteiger partial charge in [-0.25, -0.2) is 14.4 Å². The van der Waals surface area contributed by atoms with Crippen LogP contribution in [0.25, 0.3) is 10.9 Å². The van der Waals surface area contributed by atoms with Crippen LogP contribution in [0.1, 0.15) is 38.8 Å². The summed E-state index contributed by atoms with van der Waals surface area (Å²) < 4.78 is 24.9. The zero-order chi connectivity index (χ0) is 20.8. The number of ether oxygens (including phenoxy) is 2. The first kappa shape index (κ1) is 18.9. The molecule has 2 aliphatic heterocycles. The lowest BCUT2D eigenvalue weighted by Gasteiger charge is -2.36. The summed E-state index contributed by atoms with van der Waals surface area (Å²) in [5.74, 6) is -0.0279. The molecule has 7 nitrogen and oxygen atoms in total. The molecule has 8 heteroatoms. The smallest absolute Gasteiger partial charge is 0.273 e. The van der Waals surface area contributed by atoms with Gasteiger partial charge in [0.15, 0.2) is 0 Å². The fourth-order valence-corrected chi connectivity index (χ4v) is 4.14. The number of nitrogen functional groups attached to an aromatic ring is 1. The quantitative estimate of drug-likeness (QED) is 0.701. The van der Waals surface area contributed by atoms with Crippen LogP contribution in [0, 0.1) is 12.7 Å². The van der Waals surface area contributed by atoms with E-state index in [2.05, 4.69) is 9.97 Å². The van der Waals surface area contributed by atoms with Crippen molar-refractivity contribution in [2.45, 2.75) is 26.2 Å². The van der Waals surface area contributed by atoms with Gasteiger partial charge >= 0.3 is 0 Å². The fourth-order valence-electron chi connectivity index (χ4n) is 4.14. The van der Waals surface area contributed by atoms with E-state index in [0.29, 0.717) is 55.6 Å². The van der Waals surface area contributed by atoms with E-state index < -0.39 is 0 Å². The number of fused-ring (bicyclic) bond motifs is 3. The lowest BCUT2D eigenvalue weighted by Crippen LogP contribution is -2.43. The molecule has 2 aliphatic rings. The highest BCUT2D eigenvalue weighted by Crippen LogP contribution is 2.32. The second kappa shape index (κ2) is 7.30. The molecule has 0 bridgehead atoms. The van der Waals surface area contributed by atoms with Gasteiger partial charge in [0, 0.05) is 17.5 Å². The van der Waals surface area contributed by atoms with Crippen molar-refractivity contribution in [2.75, 3.05) is 25.5 Å². The third-order valence-electron chi connectivity index (χ3n) is 5.79. The van der Waals surface area contributed by atoms with Crippen molar-refractivity contribution in [3.05, 3.63) is 64.2 Å². The molecule has 1 saturated heterocycles. The number of carbonyl (C=O) groups excluding carboxylic acids is 1. The van der Waals surface area contributed by atoms with Gasteiger partial charge in [-0.05, 0) is 35.7 Å². The number of aromatic nitrogens is 2. The summed E-state index contributed by atoms with van der Waals surface area (Å²) in [4.78, 5) is 23.9. The van der Waals surface area contributed by atoms with Crippen LogP contribution in [0.2, 0.25) is 0 Å². The Bertz CT molecular complexity index is 1170. The van der Waals surface area contributed by atoms with Crippen LogP contribution in [0.4, 0.5) is 10.2 Å². The van der Waals surface area contributed by atoms with Gasteiger partial charge in [-0.15, -0.1) is 0 Å². The second-order valence-electron chi connectivity index (χ2n) is 7.63. The molecule has 1 fully saturated rings. The first-order chi connectivity index (χ1) is 14.5. The summed E-state index contributed by atoms with van der Waals surface area (Å²) in [6.45, 7) is 3.79. The molecule has 0 saturated carbocycles. The van der Waals surface area contributed by atoms with Crippen molar-refractivity contribution in [3.8, 4) is 0 Å². The van der Waals surface area contributed by atoms with Crippen molar-refractivity contribution in [1.82, 2.24) is 14.9 Å². The molecule has 1 aromatic carbocycles. The molecule has 1 unspecified atom stereocenters. The van der Waals surface area contributed by atoms with Crippen molar-refractivity contribution >= 4 is 22.6 Å². The van der Waals surface area contributed by atoms with Crippen LogP contribution in [-0.4, -0.2) is 40.5 Å². The van der Waals surface area contributed by atoms with Crippen LogP contribution in [0.3, 0.4) is 0 Å². The van der Waals surface area contributed by atoms with Crippen molar-refractivity contribution in [2.24, 2.45) is 0 Å². The van der Waals surface area contributed by atoms with Gasteiger partial charge in [0.25, 0.3) is 5.91 Å². The number of carbonyl (C=O) groups is 1. The van der Waals surface area contributed by atoms with E-state index in [9.17, 15) is 9.18 Å². The molecule has 0 radical (unpaired) electrons. The number of rotatable bonds is 2. The Morgan fingerprint density at radius 1 is 1.23 bits per heavy atom. The number of anilines is 1.